The Labute approximate surface area is 130 Å². The first-order valence-electron chi connectivity index (χ1n) is 6.52. The second-order valence-electron chi connectivity index (χ2n) is 4.89. The van der Waals surface area contributed by atoms with Gasteiger partial charge in [-0.15, -0.1) is 0 Å². The van der Waals surface area contributed by atoms with E-state index in [1.807, 2.05) is 6.07 Å². The number of aliphatic carboxylic acids is 1. The molecule has 112 valence electrons. The maximum absolute atomic E-state index is 12.0. The van der Waals surface area contributed by atoms with E-state index in [1.165, 1.54) is 0 Å². The summed E-state index contributed by atoms with van der Waals surface area (Å²) in [5.41, 5.74) is 0.799. The summed E-state index contributed by atoms with van der Waals surface area (Å²) in [6.07, 6.45) is 0.872. The van der Waals surface area contributed by atoms with Crippen molar-refractivity contribution in [3.05, 3.63) is 34.3 Å². The first-order valence-corrected chi connectivity index (χ1v) is 7.32. The lowest BCUT2D eigenvalue weighted by atomic mass is 10.1. The second-order valence-corrected chi connectivity index (χ2v) is 5.81. The average molecular weight is 355 g/mol. The molecule has 6 nitrogen and oxygen atoms in total. The third kappa shape index (κ3) is 4.29. The van der Waals surface area contributed by atoms with Crippen LogP contribution in [0.25, 0.3) is 0 Å². The SMILES string of the molecule is O=C1CC[C@H](C(=O)N[C@H](Cc2cccc(Br)c2)C(=O)O)N1. The van der Waals surface area contributed by atoms with Crippen LogP contribution in [0.15, 0.2) is 28.7 Å². The Morgan fingerprint density at radius 2 is 2.24 bits per heavy atom. The fraction of sp³-hybridized carbons (Fsp3) is 0.357. The van der Waals surface area contributed by atoms with Crippen LogP contribution in [0.2, 0.25) is 0 Å². The van der Waals surface area contributed by atoms with Crippen molar-refractivity contribution < 1.29 is 19.5 Å². The van der Waals surface area contributed by atoms with Crippen molar-refractivity contribution in [1.29, 1.82) is 0 Å². The number of amides is 2. The summed E-state index contributed by atoms with van der Waals surface area (Å²) in [4.78, 5) is 34.3. The number of nitrogens with one attached hydrogen (secondary N) is 2. The molecule has 0 aromatic heterocycles. The number of carbonyl (C=O) groups is 3. The number of halogens is 1. The van der Waals surface area contributed by atoms with Gasteiger partial charge in [-0.1, -0.05) is 28.1 Å². The lowest BCUT2D eigenvalue weighted by Crippen LogP contribution is -2.49. The predicted octanol–water partition coefficient (Wildman–Crippen LogP) is 0.840. The van der Waals surface area contributed by atoms with Crippen LogP contribution in [0, 0.1) is 0 Å². The molecule has 3 N–H and O–H groups in total. The Hall–Kier alpha value is -1.89. The molecule has 2 rings (SSSR count). The zero-order valence-electron chi connectivity index (χ0n) is 11.1. The first kappa shape index (κ1) is 15.5. The number of hydrogen-bond donors (Lipinski definition) is 3. The van der Waals surface area contributed by atoms with Crippen LogP contribution in [-0.4, -0.2) is 35.0 Å². The van der Waals surface area contributed by atoms with Crippen LogP contribution in [0.3, 0.4) is 0 Å². The number of hydrogen-bond acceptors (Lipinski definition) is 3. The fourth-order valence-electron chi connectivity index (χ4n) is 2.18. The van der Waals surface area contributed by atoms with Gasteiger partial charge < -0.3 is 15.7 Å². The van der Waals surface area contributed by atoms with E-state index >= 15 is 0 Å². The first-order chi connectivity index (χ1) is 9.95. The van der Waals surface area contributed by atoms with Crippen LogP contribution >= 0.6 is 15.9 Å². The number of benzene rings is 1. The third-order valence-electron chi connectivity index (χ3n) is 3.26. The summed E-state index contributed by atoms with van der Waals surface area (Å²) < 4.78 is 0.846. The topological polar surface area (TPSA) is 95.5 Å². The minimum absolute atomic E-state index is 0.182. The number of carboxylic acid groups (broad SMARTS) is 1. The molecule has 2 atom stereocenters. The fourth-order valence-corrected chi connectivity index (χ4v) is 2.63. The maximum atomic E-state index is 12.0. The van der Waals surface area contributed by atoms with Gasteiger partial charge in [0.15, 0.2) is 0 Å². The summed E-state index contributed by atoms with van der Waals surface area (Å²) in [5, 5.41) is 14.2. The van der Waals surface area contributed by atoms with Crippen molar-refractivity contribution in [3.63, 3.8) is 0 Å². The Morgan fingerprint density at radius 3 is 2.81 bits per heavy atom. The Bertz CT molecular complexity index is 576. The largest absolute Gasteiger partial charge is 0.480 e. The zero-order chi connectivity index (χ0) is 15.4. The highest BCUT2D eigenvalue weighted by atomic mass is 79.9. The smallest absolute Gasteiger partial charge is 0.326 e. The quantitative estimate of drug-likeness (QED) is 0.729. The van der Waals surface area contributed by atoms with Gasteiger partial charge in [0, 0.05) is 17.3 Å². The minimum Gasteiger partial charge on any atom is -0.480 e. The van der Waals surface area contributed by atoms with Crippen LogP contribution in [-0.2, 0) is 20.8 Å². The molecule has 0 spiro atoms. The van der Waals surface area contributed by atoms with Crippen molar-refractivity contribution in [1.82, 2.24) is 10.6 Å². The molecule has 1 saturated heterocycles. The summed E-state index contributed by atoms with van der Waals surface area (Å²) in [7, 11) is 0. The van der Waals surface area contributed by atoms with Gasteiger partial charge >= 0.3 is 5.97 Å². The minimum atomic E-state index is -1.10. The van der Waals surface area contributed by atoms with E-state index < -0.39 is 24.0 Å². The monoisotopic (exact) mass is 354 g/mol. The molecule has 1 aliphatic heterocycles. The van der Waals surface area contributed by atoms with E-state index in [0.717, 1.165) is 10.0 Å². The number of carbonyl (C=O) groups excluding carboxylic acids is 2. The van der Waals surface area contributed by atoms with Crippen molar-refractivity contribution in [3.8, 4) is 0 Å². The van der Waals surface area contributed by atoms with Gasteiger partial charge in [0.2, 0.25) is 11.8 Å². The van der Waals surface area contributed by atoms with Gasteiger partial charge in [-0.2, -0.15) is 0 Å². The molecule has 0 saturated carbocycles. The normalized spacial score (nSPS) is 18.9. The molecule has 0 bridgehead atoms. The molecule has 1 heterocycles. The van der Waals surface area contributed by atoms with Crippen LogP contribution < -0.4 is 10.6 Å². The summed E-state index contributed by atoms with van der Waals surface area (Å²) in [6, 6.07) is 5.58. The van der Waals surface area contributed by atoms with E-state index in [1.54, 1.807) is 18.2 Å². The van der Waals surface area contributed by atoms with Crippen molar-refractivity contribution in [2.24, 2.45) is 0 Å². The number of rotatable bonds is 5. The van der Waals surface area contributed by atoms with Gasteiger partial charge in [-0.05, 0) is 24.1 Å². The summed E-state index contributed by atoms with van der Waals surface area (Å²) >= 11 is 3.32. The summed E-state index contributed by atoms with van der Waals surface area (Å²) in [5.74, 6) is -1.75. The van der Waals surface area contributed by atoms with Gasteiger partial charge in [0.25, 0.3) is 0 Å². The molecule has 1 aromatic rings. The second kappa shape index (κ2) is 6.71. The highest BCUT2D eigenvalue weighted by Gasteiger charge is 2.30. The van der Waals surface area contributed by atoms with Gasteiger partial charge in [-0.25, -0.2) is 4.79 Å². The average Bonchev–Trinajstić information content (AvgIpc) is 2.84. The van der Waals surface area contributed by atoms with Crippen LogP contribution in [0.1, 0.15) is 18.4 Å². The van der Waals surface area contributed by atoms with Gasteiger partial charge in [0.1, 0.15) is 12.1 Å². The molecule has 7 heteroatoms. The molecule has 2 amide bonds. The van der Waals surface area contributed by atoms with E-state index in [9.17, 15) is 19.5 Å². The number of carboxylic acids is 1. The highest BCUT2D eigenvalue weighted by molar-refractivity contribution is 9.10. The highest BCUT2D eigenvalue weighted by Crippen LogP contribution is 2.14. The van der Waals surface area contributed by atoms with Crippen LogP contribution in [0.4, 0.5) is 0 Å². The van der Waals surface area contributed by atoms with Gasteiger partial charge in [-0.3, -0.25) is 9.59 Å². The molecule has 0 aliphatic carbocycles. The Kier molecular flexibility index (Phi) is 4.95. The maximum Gasteiger partial charge on any atom is 0.326 e. The molecule has 21 heavy (non-hydrogen) atoms. The molecular formula is C14H15BrN2O4. The molecular weight excluding hydrogens is 340 g/mol. The van der Waals surface area contributed by atoms with E-state index in [0.29, 0.717) is 12.8 Å². The van der Waals surface area contributed by atoms with Crippen molar-refractivity contribution in [2.75, 3.05) is 0 Å². The zero-order valence-corrected chi connectivity index (χ0v) is 12.7. The Balaban J connectivity index is 2.00. The molecule has 1 aliphatic rings. The van der Waals surface area contributed by atoms with Crippen molar-refractivity contribution in [2.45, 2.75) is 31.3 Å². The van der Waals surface area contributed by atoms with Crippen molar-refractivity contribution >= 4 is 33.7 Å². The lowest BCUT2D eigenvalue weighted by molar-refractivity contribution is -0.142. The molecule has 0 unspecified atom stereocenters. The summed E-state index contributed by atoms with van der Waals surface area (Å²) in [6.45, 7) is 0. The predicted molar refractivity (Wildman–Crippen MR) is 78.6 cm³/mol. The molecule has 1 aromatic carbocycles. The lowest BCUT2D eigenvalue weighted by Gasteiger charge is -2.17. The van der Waals surface area contributed by atoms with E-state index in [2.05, 4.69) is 26.6 Å². The van der Waals surface area contributed by atoms with Crippen LogP contribution in [0.5, 0.6) is 0 Å². The van der Waals surface area contributed by atoms with E-state index in [-0.39, 0.29) is 12.3 Å². The van der Waals surface area contributed by atoms with Gasteiger partial charge in [0.05, 0.1) is 0 Å². The van der Waals surface area contributed by atoms with E-state index in [4.69, 9.17) is 0 Å². The Morgan fingerprint density at radius 1 is 1.48 bits per heavy atom. The molecule has 1 fully saturated rings. The standard InChI is InChI=1S/C14H15BrN2O4/c15-9-3-1-2-8(6-9)7-11(14(20)21)17-13(19)10-4-5-12(18)16-10/h1-3,6,10-11H,4-5,7H2,(H,16,18)(H,17,19)(H,20,21)/t10-,11-/m1/s1. The third-order valence-corrected chi connectivity index (χ3v) is 3.75. The molecule has 0 radical (unpaired) electrons.